The van der Waals surface area contributed by atoms with Gasteiger partial charge >= 0.3 is 0 Å². The van der Waals surface area contributed by atoms with Gasteiger partial charge in [-0.3, -0.25) is 9.88 Å². The Hall–Kier alpha value is -2.58. The number of halogens is 3. The van der Waals surface area contributed by atoms with E-state index in [1.165, 1.54) is 38.2 Å². The zero-order chi connectivity index (χ0) is 29.6. The van der Waals surface area contributed by atoms with Crippen molar-refractivity contribution in [3.05, 3.63) is 40.6 Å². The van der Waals surface area contributed by atoms with E-state index in [4.69, 9.17) is 21.6 Å². The first-order valence-corrected chi connectivity index (χ1v) is 16.8. The highest BCUT2D eigenvalue weighted by atomic mass is 35.5. The fraction of sp³-hybridized carbons (Fsp3) is 0.618. The van der Waals surface area contributed by atoms with Crippen LogP contribution >= 0.6 is 11.6 Å². The van der Waals surface area contributed by atoms with Crippen LogP contribution in [-0.4, -0.2) is 62.8 Å². The highest BCUT2D eigenvalue weighted by molar-refractivity contribution is 6.32. The highest BCUT2D eigenvalue weighted by Crippen LogP contribution is 2.44. The summed E-state index contributed by atoms with van der Waals surface area (Å²) in [6, 6.07) is 3.11. The number of benzene rings is 1. The lowest BCUT2D eigenvalue weighted by molar-refractivity contribution is 0.181. The quantitative estimate of drug-likeness (QED) is 0.327. The number of hydrogen-bond donors (Lipinski definition) is 1. The number of aromatic hydroxyl groups is 1. The van der Waals surface area contributed by atoms with Crippen LogP contribution < -0.4 is 4.90 Å². The number of nitrogens with zero attached hydrogens (tertiary/aromatic N) is 5. The smallest absolute Gasteiger partial charge is 0.175 e. The fourth-order valence-electron chi connectivity index (χ4n) is 8.43. The molecule has 0 radical (unpaired) electrons. The van der Waals surface area contributed by atoms with Gasteiger partial charge in [-0.2, -0.15) is 0 Å². The van der Waals surface area contributed by atoms with E-state index in [0.717, 1.165) is 69.5 Å². The summed E-state index contributed by atoms with van der Waals surface area (Å²) in [7, 11) is 0. The molecule has 8 rings (SSSR count). The van der Waals surface area contributed by atoms with Gasteiger partial charge in [-0.05, 0) is 87.9 Å². The summed E-state index contributed by atoms with van der Waals surface area (Å²) in [5.41, 5.74) is 1.61. The summed E-state index contributed by atoms with van der Waals surface area (Å²) in [6.07, 6.45) is 14.7. The van der Waals surface area contributed by atoms with E-state index in [-0.39, 0.29) is 22.5 Å². The zero-order valence-corrected chi connectivity index (χ0v) is 25.7. The van der Waals surface area contributed by atoms with Gasteiger partial charge in [0, 0.05) is 48.4 Å². The maximum Gasteiger partial charge on any atom is 0.175 e. The van der Waals surface area contributed by atoms with E-state index in [9.17, 15) is 9.50 Å². The van der Waals surface area contributed by atoms with Crippen LogP contribution in [0, 0.1) is 11.7 Å². The molecule has 9 heteroatoms. The molecule has 43 heavy (non-hydrogen) atoms. The predicted molar refractivity (Wildman–Crippen MR) is 167 cm³/mol. The number of hydrogen-bond acceptors (Lipinski definition) is 6. The second-order valence-corrected chi connectivity index (χ2v) is 13.8. The Bertz CT molecular complexity index is 1500. The maximum absolute atomic E-state index is 16.7. The molecule has 3 saturated heterocycles. The summed E-state index contributed by atoms with van der Waals surface area (Å²) in [6.45, 7) is 3.23. The molecule has 1 aromatic carbocycles. The van der Waals surface area contributed by atoms with Crippen LogP contribution in [0.15, 0.2) is 18.3 Å². The Morgan fingerprint density at radius 3 is 2.74 bits per heavy atom. The molecule has 230 valence electrons. The minimum absolute atomic E-state index is 0.0116. The Balaban J connectivity index is 1.34. The number of fused-ring (bicyclic) bond motifs is 8. The molecule has 3 unspecified atom stereocenters. The van der Waals surface area contributed by atoms with Gasteiger partial charge < -0.3 is 10.0 Å². The van der Waals surface area contributed by atoms with Crippen molar-refractivity contribution in [3.63, 3.8) is 0 Å². The molecule has 7 heterocycles. The van der Waals surface area contributed by atoms with Crippen LogP contribution in [0.3, 0.4) is 0 Å². The van der Waals surface area contributed by atoms with Crippen molar-refractivity contribution in [2.45, 2.75) is 102 Å². The molecule has 2 aromatic heterocycles. The van der Waals surface area contributed by atoms with Gasteiger partial charge in [0.2, 0.25) is 0 Å². The van der Waals surface area contributed by atoms with Crippen LogP contribution in [-0.2, 0) is 12.8 Å². The summed E-state index contributed by atoms with van der Waals surface area (Å²) in [5.74, 6) is 1.44. The van der Waals surface area contributed by atoms with E-state index in [0.29, 0.717) is 53.5 Å². The monoisotopic (exact) mass is 609 g/mol. The molecule has 3 aromatic rings. The summed E-state index contributed by atoms with van der Waals surface area (Å²) in [5, 5.41) is 11.5. The SMILES string of the molecule is Oc1cc(Cl)c2c(c1)-c1ncc3c(nc(CCC45CCCN4CC(F)C5)nc3c1F)N1CCCC(CCCCCCC2)C1. The molecular weight excluding hydrogens is 568 g/mol. The lowest BCUT2D eigenvalue weighted by Gasteiger charge is -2.35. The van der Waals surface area contributed by atoms with Crippen molar-refractivity contribution in [1.29, 1.82) is 0 Å². The molecule has 0 amide bonds. The molecule has 5 aliphatic rings. The Morgan fingerprint density at radius 1 is 1.00 bits per heavy atom. The molecule has 3 fully saturated rings. The fourth-order valence-corrected chi connectivity index (χ4v) is 8.74. The van der Waals surface area contributed by atoms with E-state index >= 15 is 4.39 Å². The number of piperidine rings is 1. The molecule has 0 spiro atoms. The van der Waals surface area contributed by atoms with Crippen LogP contribution in [0.1, 0.15) is 88.4 Å². The Labute approximate surface area is 257 Å². The summed E-state index contributed by atoms with van der Waals surface area (Å²) < 4.78 is 31.2. The Kier molecular flexibility index (Phi) is 8.18. The molecule has 5 aliphatic heterocycles. The number of pyridine rings is 1. The third-order valence-electron chi connectivity index (χ3n) is 10.6. The zero-order valence-electron chi connectivity index (χ0n) is 24.9. The average Bonchev–Trinajstić information content (AvgIpc) is 3.52. The minimum Gasteiger partial charge on any atom is -0.508 e. The molecule has 3 atom stereocenters. The van der Waals surface area contributed by atoms with Crippen molar-refractivity contribution in [2.75, 3.05) is 31.1 Å². The van der Waals surface area contributed by atoms with E-state index < -0.39 is 12.0 Å². The highest BCUT2D eigenvalue weighted by Gasteiger charge is 2.48. The molecular formula is C34H42ClF2N5O. The van der Waals surface area contributed by atoms with Crippen LogP contribution in [0.25, 0.3) is 22.2 Å². The van der Waals surface area contributed by atoms with Gasteiger partial charge in [-0.15, -0.1) is 0 Å². The van der Waals surface area contributed by atoms with Crippen molar-refractivity contribution in [3.8, 4) is 17.0 Å². The number of aromatic nitrogens is 3. The summed E-state index contributed by atoms with van der Waals surface area (Å²) >= 11 is 6.64. The second-order valence-electron chi connectivity index (χ2n) is 13.4. The third-order valence-corrected chi connectivity index (χ3v) is 10.9. The molecule has 6 bridgehead atoms. The van der Waals surface area contributed by atoms with E-state index in [1.54, 1.807) is 12.3 Å². The largest absolute Gasteiger partial charge is 0.508 e. The van der Waals surface area contributed by atoms with Crippen LogP contribution in [0.5, 0.6) is 5.75 Å². The standard InChI is InChI=1S/C34H42ClF2N5O/c35-28-17-24(43)16-26-25(28)10-5-3-1-2-4-8-22-9-6-14-41(20-22)33-27-19-38-31(26)30(37)32(27)39-29(40-33)11-13-34-12-7-15-42(34)21-23(36)18-34/h16-17,19,22-23,43H,1-15,18,20-21H2. The lowest BCUT2D eigenvalue weighted by Crippen LogP contribution is -2.38. The molecule has 0 aliphatic carbocycles. The van der Waals surface area contributed by atoms with Crippen molar-refractivity contribution < 1.29 is 13.9 Å². The van der Waals surface area contributed by atoms with Crippen molar-refractivity contribution in [1.82, 2.24) is 19.9 Å². The average molecular weight is 610 g/mol. The number of phenols is 1. The van der Waals surface area contributed by atoms with Gasteiger partial charge in [0.1, 0.15) is 34.8 Å². The summed E-state index contributed by atoms with van der Waals surface area (Å²) in [4.78, 5) is 19.2. The number of aryl methyl sites for hydroxylation is 1. The third kappa shape index (κ3) is 5.70. The maximum atomic E-state index is 16.7. The first-order chi connectivity index (χ1) is 20.9. The molecule has 6 nitrogen and oxygen atoms in total. The first-order valence-electron chi connectivity index (χ1n) is 16.4. The van der Waals surface area contributed by atoms with Crippen molar-refractivity contribution in [2.24, 2.45) is 5.92 Å². The van der Waals surface area contributed by atoms with Gasteiger partial charge in [0.25, 0.3) is 0 Å². The first kappa shape index (κ1) is 29.1. The number of anilines is 1. The van der Waals surface area contributed by atoms with Crippen molar-refractivity contribution >= 4 is 28.3 Å². The molecule has 1 N–H and O–H groups in total. The minimum atomic E-state index is -0.788. The van der Waals surface area contributed by atoms with Gasteiger partial charge in [-0.25, -0.2) is 18.7 Å². The second kappa shape index (κ2) is 12.1. The van der Waals surface area contributed by atoms with E-state index in [2.05, 4.69) is 14.8 Å². The topological polar surface area (TPSA) is 65.4 Å². The van der Waals surface area contributed by atoms with Crippen LogP contribution in [0.4, 0.5) is 14.6 Å². The van der Waals surface area contributed by atoms with E-state index in [1.807, 2.05) is 0 Å². The number of rotatable bonds is 3. The predicted octanol–water partition coefficient (Wildman–Crippen LogP) is 7.81. The van der Waals surface area contributed by atoms with Crippen LogP contribution in [0.2, 0.25) is 5.02 Å². The Morgan fingerprint density at radius 2 is 1.84 bits per heavy atom. The van der Waals surface area contributed by atoms with Gasteiger partial charge in [0.15, 0.2) is 5.82 Å². The van der Waals surface area contributed by atoms with Gasteiger partial charge in [0.05, 0.1) is 5.39 Å². The lowest BCUT2D eigenvalue weighted by atomic mass is 9.88. The number of alkyl halides is 1. The molecule has 0 saturated carbocycles. The normalized spacial score (nSPS) is 26.6. The van der Waals surface area contributed by atoms with Gasteiger partial charge in [-0.1, -0.05) is 37.3 Å². The number of phenolic OH excluding ortho intramolecular Hbond substituents is 1.